The number of hydrogen-bond donors (Lipinski definition) is 2. The van der Waals surface area contributed by atoms with Gasteiger partial charge in [-0.1, -0.05) is 52.3 Å². The van der Waals surface area contributed by atoms with Crippen molar-refractivity contribution in [1.82, 2.24) is 0 Å². The zero-order valence-electron chi connectivity index (χ0n) is 16.7. The largest absolute Gasteiger partial charge is 0.444 e. The van der Waals surface area contributed by atoms with Gasteiger partial charge in [-0.05, 0) is 30.0 Å². The minimum absolute atomic E-state index is 0.0553. The Kier molecular flexibility index (Phi) is 4.31. The quantitative estimate of drug-likeness (QED) is 0.646. The summed E-state index contributed by atoms with van der Waals surface area (Å²) in [5.41, 5.74) is 7.71. The summed E-state index contributed by atoms with van der Waals surface area (Å²) in [4.78, 5) is 27.1. The first-order valence-corrected chi connectivity index (χ1v) is 10.7. The Labute approximate surface area is 187 Å². The molecular formula is C24H18BrN3O3. The molecule has 3 N–H and O–H groups in total. The predicted octanol–water partition coefficient (Wildman–Crippen LogP) is 4.07. The second kappa shape index (κ2) is 6.82. The number of allylic oxidation sites excluding steroid dienone is 1. The maximum atomic E-state index is 13.6. The van der Waals surface area contributed by atoms with Crippen LogP contribution in [0.4, 0.5) is 5.69 Å². The van der Waals surface area contributed by atoms with Crippen LogP contribution >= 0.6 is 15.9 Å². The summed E-state index contributed by atoms with van der Waals surface area (Å²) in [6, 6.07) is 15.4. The van der Waals surface area contributed by atoms with Gasteiger partial charge in [0.1, 0.15) is 22.8 Å². The van der Waals surface area contributed by atoms with Gasteiger partial charge in [0.25, 0.3) is 0 Å². The summed E-state index contributed by atoms with van der Waals surface area (Å²) in [5.74, 6) is -0.551. The fourth-order valence-electron chi connectivity index (χ4n) is 4.94. The Hall–Kier alpha value is -3.37. The minimum atomic E-state index is -1.62. The molecule has 7 heteroatoms. The van der Waals surface area contributed by atoms with Gasteiger partial charge in [0, 0.05) is 28.6 Å². The maximum Gasteiger partial charge on any atom is 0.245 e. The number of halogens is 1. The first kappa shape index (κ1) is 19.6. The zero-order valence-corrected chi connectivity index (χ0v) is 18.2. The summed E-state index contributed by atoms with van der Waals surface area (Å²) in [6.07, 6.45) is 0.636. The first-order chi connectivity index (χ1) is 14.9. The third-order valence-electron chi connectivity index (χ3n) is 6.33. The fourth-order valence-corrected chi connectivity index (χ4v) is 5.58. The highest BCUT2D eigenvalue weighted by Gasteiger charge is 2.61. The number of fused-ring (bicyclic) bond motifs is 3. The number of hydrogen-bond acceptors (Lipinski definition) is 5. The molecule has 1 aliphatic carbocycles. The van der Waals surface area contributed by atoms with Crippen molar-refractivity contribution in [3.63, 3.8) is 0 Å². The van der Waals surface area contributed by atoms with E-state index in [0.29, 0.717) is 27.9 Å². The molecule has 2 aliphatic heterocycles. The Balaban J connectivity index is 1.78. The van der Waals surface area contributed by atoms with E-state index in [9.17, 15) is 14.9 Å². The van der Waals surface area contributed by atoms with Crippen LogP contribution in [0.2, 0.25) is 0 Å². The molecule has 31 heavy (non-hydrogen) atoms. The normalized spacial score (nSPS) is 24.5. The number of nitrogens with one attached hydrogen (secondary N) is 1. The Morgan fingerprint density at radius 1 is 1.19 bits per heavy atom. The van der Waals surface area contributed by atoms with E-state index >= 15 is 0 Å². The summed E-state index contributed by atoms with van der Waals surface area (Å²) in [5, 5.41) is 12.9. The van der Waals surface area contributed by atoms with Crippen molar-refractivity contribution >= 4 is 33.3 Å². The number of anilines is 1. The zero-order chi connectivity index (χ0) is 21.9. The standard InChI is InChI=1S/C24H18BrN3O3/c1-12-7-8-16-19(21(12)25)24(23(30)28-16)15(11-26)22(27)31-18-10-14(9-17(29)20(18)24)13-5-3-2-4-6-13/h2-8,14H,9-10,27H2,1H3,(H,28,30)/t14-,24+/m0/s1. The van der Waals surface area contributed by atoms with E-state index in [1.54, 1.807) is 6.07 Å². The molecule has 3 aliphatic rings. The van der Waals surface area contributed by atoms with E-state index < -0.39 is 11.3 Å². The molecular weight excluding hydrogens is 458 g/mol. The Bertz CT molecular complexity index is 1270. The van der Waals surface area contributed by atoms with Gasteiger partial charge in [-0.3, -0.25) is 9.59 Å². The van der Waals surface area contributed by atoms with Gasteiger partial charge in [0.05, 0.1) is 5.57 Å². The van der Waals surface area contributed by atoms with E-state index in [0.717, 1.165) is 11.1 Å². The number of ketones is 1. The topological polar surface area (TPSA) is 105 Å². The van der Waals surface area contributed by atoms with Crippen LogP contribution < -0.4 is 11.1 Å². The van der Waals surface area contributed by atoms with Crippen LogP contribution in [-0.2, 0) is 19.7 Å². The summed E-state index contributed by atoms with van der Waals surface area (Å²) in [7, 11) is 0. The van der Waals surface area contributed by atoms with Crippen molar-refractivity contribution in [2.24, 2.45) is 5.73 Å². The molecule has 0 unspecified atom stereocenters. The molecule has 1 amide bonds. The lowest BCUT2D eigenvalue weighted by atomic mass is 9.63. The van der Waals surface area contributed by atoms with E-state index in [1.165, 1.54) is 0 Å². The lowest BCUT2D eigenvalue weighted by Gasteiger charge is -2.39. The van der Waals surface area contributed by atoms with Gasteiger partial charge in [0.15, 0.2) is 5.78 Å². The van der Waals surface area contributed by atoms with Crippen LogP contribution in [-0.4, -0.2) is 11.7 Å². The number of carbonyl (C=O) groups excluding carboxylic acids is 2. The van der Waals surface area contributed by atoms with Crippen molar-refractivity contribution < 1.29 is 14.3 Å². The van der Waals surface area contributed by atoms with Gasteiger partial charge >= 0.3 is 0 Å². The maximum absolute atomic E-state index is 13.6. The number of Topliss-reactive ketones (excluding diaryl/α,β-unsaturated/α-hetero) is 1. The van der Waals surface area contributed by atoms with Crippen LogP contribution in [0.25, 0.3) is 0 Å². The first-order valence-electron chi connectivity index (χ1n) is 9.90. The Morgan fingerprint density at radius 3 is 2.65 bits per heavy atom. The number of nitrogens with zero attached hydrogens (tertiary/aromatic N) is 1. The second-order valence-electron chi connectivity index (χ2n) is 8.01. The van der Waals surface area contributed by atoms with Crippen LogP contribution in [0.3, 0.4) is 0 Å². The highest BCUT2D eigenvalue weighted by Crippen LogP contribution is 2.57. The minimum Gasteiger partial charge on any atom is -0.444 e. The van der Waals surface area contributed by atoms with E-state index in [2.05, 4.69) is 27.3 Å². The smallest absolute Gasteiger partial charge is 0.245 e. The number of benzene rings is 2. The van der Waals surface area contributed by atoms with Gasteiger partial charge < -0.3 is 15.8 Å². The molecule has 6 nitrogen and oxygen atoms in total. The van der Waals surface area contributed by atoms with Crippen LogP contribution in [0.15, 0.2) is 69.7 Å². The fraction of sp³-hybridized carbons (Fsp3) is 0.208. The highest BCUT2D eigenvalue weighted by molar-refractivity contribution is 9.10. The lowest BCUT2D eigenvalue weighted by Crippen LogP contribution is -2.47. The molecule has 0 bridgehead atoms. The molecule has 2 heterocycles. The summed E-state index contributed by atoms with van der Waals surface area (Å²) in [6.45, 7) is 1.89. The van der Waals surface area contributed by atoms with Gasteiger partial charge in [-0.2, -0.15) is 5.26 Å². The van der Waals surface area contributed by atoms with Gasteiger partial charge in [-0.25, -0.2) is 0 Å². The van der Waals surface area contributed by atoms with Crippen LogP contribution in [0.5, 0.6) is 0 Å². The molecule has 154 valence electrons. The van der Waals surface area contributed by atoms with Crippen molar-refractivity contribution in [3.8, 4) is 6.07 Å². The van der Waals surface area contributed by atoms with Crippen LogP contribution in [0.1, 0.15) is 35.4 Å². The third kappa shape index (κ3) is 2.55. The number of aryl methyl sites for hydroxylation is 1. The van der Waals surface area contributed by atoms with Crippen molar-refractivity contribution in [3.05, 3.63) is 86.4 Å². The molecule has 2 aromatic carbocycles. The van der Waals surface area contributed by atoms with E-state index in [4.69, 9.17) is 10.5 Å². The van der Waals surface area contributed by atoms with E-state index in [1.807, 2.05) is 43.3 Å². The molecule has 0 fully saturated rings. The predicted molar refractivity (Wildman–Crippen MR) is 118 cm³/mol. The number of nitriles is 1. The molecule has 2 atom stereocenters. The monoisotopic (exact) mass is 475 g/mol. The molecule has 2 aromatic rings. The molecule has 1 spiro atoms. The summed E-state index contributed by atoms with van der Waals surface area (Å²) < 4.78 is 6.50. The highest BCUT2D eigenvalue weighted by atomic mass is 79.9. The number of rotatable bonds is 1. The average molecular weight is 476 g/mol. The lowest BCUT2D eigenvalue weighted by molar-refractivity contribution is -0.123. The molecule has 5 rings (SSSR count). The van der Waals surface area contributed by atoms with Gasteiger partial charge in [0.2, 0.25) is 11.8 Å². The SMILES string of the molecule is Cc1ccc2c(c1Br)[C@]1(C(=O)N2)C(C#N)=C(N)OC2=C1C(=O)C[C@H](c1ccccc1)C2. The third-order valence-corrected chi connectivity index (χ3v) is 7.35. The molecule has 0 saturated heterocycles. The second-order valence-corrected chi connectivity index (χ2v) is 8.81. The average Bonchev–Trinajstić information content (AvgIpc) is 3.04. The van der Waals surface area contributed by atoms with Crippen molar-refractivity contribution in [2.45, 2.75) is 31.1 Å². The van der Waals surface area contributed by atoms with Crippen molar-refractivity contribution in [1.29, 1.82) is 5.26 Å². The summed E-state index contributed by atoms with van der Waals surface area (Å²) >= 11 is 3.59. The number of carbonyl (C=O) groups is 2. The number of nitrogens with two attached hydrogens (primary N) is 1. The number of amides is 1. The van der Waals surface area contributed by atoms with Gasteiger partial charge in [-0.15, -0.1) is 0 Å². The van der Waals surface area contributed by atoms with E-state index in [-0.39, 0.29) is 35.2 Å². The Morgan fingerprint density at radius 2 is 1.94 bits per heavy atom. The molecule has 0 radical (unpaired) electrons. The van der Waals surface area contributed by atoms with Crippen molar-refractivity contribution in [2.75, 3.05) is 5.32 Å². The number of ether oxygens (including phenoxy) is 1. The molecule has 0 aromatic heterocycles. The van der Waals surface area contributed by atoms with Crippen LogP contribution in [0, 0.1) is 18.3 Å². The molecule has 0 saturated carbocycles.